The van der Waals surface area contributed by atoms with E-state index in [1.54, 1.807) is 0 Å². The van der Waals surface area contributed by atoms with Crippen LogP contribution in [0.1, 0.15) is 38.1 Å². The van der Waals surface area contributed by atoms with Crippen molar-refractivity contribution in [1.29, 1.82) is 0 Å². The molecule has 112 valence electrons. The minimum atomic E-state index is -0.195. The van der Waals surface area contributed by atoms with Crippen LogP contribution in [-0.2, 0) is 0 Å². The fraction of sp³-hybridized carbons (Fsp3) is 0.500. The normalized spacial score (nSPS) is 16.1. The zero-order valence-electron chi connectivity index (χ0n) is 13.0. The highest BCUT2D eigenvalue weighted by Gasteiger charge is 2.34. The van der Waals surface area contributed by atoms with Crippen molar-refractivity contribution in [2.24, 2.45) is 0 Å². The first-order chi connectivity index (χ1) is 9.82. The molecular formula is C16H22N4O. The number of hydrogen-bond donors (Lipinski definition) is 2. The van der Waals surface area contributed by atoms with Gasteiger partial charge in [-0.05, 0) is 45.4 Å². The Hall–Kier alpha value is -2.04. The van der Waals surface area contributed by atoms with E-state index in [-0.39, 0.29) is 11.6 Å². The molecule has 0 unspecified atom stereocenters. The van der Waals surface area contributed by atoms with Gasteiger partial charge in [-0.15, -0.1) is 0 Å². The molecular weight excluding hydrogens is 264 g/mol. The second kappa shape index (κ2) is 4.76. The Bertz CT molecular complexity index is 677. The van der Waals surface area contributed by atoms with Gasteiger partial charge in [0.05, 0.1) is 17.0 Å². The lowest BCUT2D eigenvalue weighted by molar-refractivity contribution is 0.142. The third kappa shape index (κ3) is 2.86. The number of nitrogens with zero attached hydrogens (tertiary/aromatic N) is 2. The van der Waals surface area contributed by atoms with Crippen LogP contribution in [0.5, 0.6) is 0 Å². The number of nitrogens with one attached hydrogen (secondary N) is 2. The van der Waals surface area contributed by atoms with E-state index in [0.717, 1.165) is 29.9 Å². The fourth-order valence-electron chi connectivity index (χ4n) is 2.55. The largest absolute Gasteiger partial charge is 0.342 e. The molecule has 0 atom stereocenters. The highest BCUT2D eigenvalue weighted by Crippen LogP contribution is 2.27. The maximum Gasteiger partial charge on any atom is 0.317 e. The third-order valence-corrected chi connectivity index (χ3v) is 3.69. The molecule has 0 spiro atoms. The number of aryl methyl sites for hydroxylation is 1. The summed E-state index contributed by atoms with van der Waals surface area (Å²) in [5.41, 5.74) is 3.09. The van der Waals surface area contributed by atoms with Gasteiger partial charge in [0.25, 0.3) is 0 Å². The summed E-state index contributed by atoms with van der Waals surface area (Å²) >= 11 is 0. The van der Waals surface area contributed by atoms with Gasteiger partial charge < -0.3 is 15.2 Å². The minimum absolute atomic E-state index is 0.00528. The minimum Gasteiger partial charge on any atom is -0.342 e. The molecule has 5 heteroatoms. The number of aromatic nitrogens is 2. The molecule has 3 rings (SSSR count). The van der Waals surface area contributed by atoms with Crippen LogP contribution in [0.4, 0.5) is 4.79 Å². The zero-order chi connectivity index (χ0) is 15.2. The number of benzene rings is 1. The molecule has 0 saturated carbocycles. The van der Waals surface area contributed by atoms with Gasteiger partial charge in [-0.2, -0.15) is 0 Å². The average Bonchev–Trinajstić information content (AvgIpc) is 2.66. The molecule has 1 aliphatic rings. The summed E-state index contributed by atoms with van der Waals surface area (Å²) in [4.78, 5) is 21.9. The Morgan fingerprint density at radius 2 is 2.10 bits per heavy atom. The van der Waals surface area contributed by atoms with Crippen LogP contribution < -0.4 is 5.32 Å². The van der Waals surface area contributed by atoms with Crippen molar-refractivity contribution >= 4 is 17.1 Å². The number of amides is 2. The standard InChI is InChI=1S/C16H22N4O/c1-10-5-6-12-13(7-10)18-14(17-12)11-8-20(9-11)15(21)19-16(2,3)4/h5-7,11H,8-9H2,1-4H3,(H,17,18)(H,19,21). The lowest BCUT2D eigenvalue weighted by Gasteiger charge is -2.39. The monoisotopic (exact) mass is 286 g/mol. The topological polar surface area (TPSA) is 61.0 Å². The quantitative estimate of drug-likeness (QED) is 0.847. The number of likely N-dealkylation sites (tertiary alicyclic amines) is 1. The molecule has 1 aromatic carbocycles. The van der Waals surface area contributed by atoms with Gasteiger partial charge in [-0.3, -0.25) is 0 Å². The zero-order valence-corrected chi connectivity index (χ0v) is 13.0. The average molecular weight is 286 g/mol. The molecule has 2 aromatic rings. The predicted octanol–water partition coefficient (Wildman–Crippen LogP) is 2.78. The molecule has 2 heterocycles. The van der Waals surface area contributed by atoms with Crippen molar-refractivity contribution in [3.63, 3.8) is 0 Å². The van der Waals surface area contributed by atoms with Gasteiger partial charge in [0, 0.05) is 18.6 Å². The van der Waals surface area contributed by atoms with Gasteiger partial charge in [0.2, 0.25) is 0 Å². The van der Waals surface area contributed by atoms with Crippen molar-refractivity contribution in [3.8, 4) is 0 Å². The van der Waals surface area contributed by atoms with Crippen molar-refractivity contribution in [2.45, 2.75) is 39.2 Å². The van der Waals surface area contributed by atoms with Crippen LogP contribution in [0.3, 0.4) is 0 Å². The predicted molar refractivity (Wildman–Crippen MR) is 83.4 cm³/mol. The van der Waals surface area contributed by atoms with Crippen LogP contribution >= 0.6 is 0 Å². The Morgan fingerprint density at radius 3 is 2.76 bits per heavy atom. The molecule has 2 amide bonds. The number of rotatable bonds is 1. The second-order valence-electron chi connectivity index (χ2n) is 6.92. The number of aromatic amines is 1. The van der Waals surface area contributed by atoms with Crippen molar-refractivity contribution in [3.05, 3.63) is 29.6 Å². The molecule has 1 fully saturated rings. The SMILES string of the molecule is Cc1ccc2nc(C3CN(C(=O)NC(C)(C)C)C3)[nH]c2c1. The van der Waals surface area contributed by atoms with E-state index >= 15 is 0 Å². The summed E-state index contributed by atoms with van der Waals surface area (Å²) in [7, 11) is 0. The van der Waals surface area contributed by atoms with E-state index in [1.807, 2.05) is 31.7 Å². The summed E-state index contributed by atoms with van der Waals surface area (Å²) < 4.78 is 0. The third-order valence-electron chi connectivity index (χ3n) is 3.69. The number of hydrogen-bond acceptors (Lipinski definition) is 2. The molecule has 2 N–H and O–H groups in total. The smallest absolute Gasteiger partial charge is 0.317 e. The molecule has 21 heavy (non-hydrogen) atoms. The van der Waals surface area contributed by atoms with Crippen LogP contribution in [-0.4, -0.2) is 39.5 Å². The van der Waals surface area contributed by atoms with Crippen LogP contribution in [0, 0.1) is 6.92 Å². The number of fused-ring (bicyclic) bond motifs is 1. The van der Waals surface area contributed by atoms with Gasteiger partial charge in [-0.25, -0.2) is 9.78 Å². The van der Waals surface area contributed by atoms with Crippen molar-refractivity contribution in [2.75, 3.05) is 13.1 Å². The molecule has 0 aliphatic carbocycles. The van der Waals surface area contributed by atoms with E-state index in [0.29, 0.717) is 5.92 Å². The summed E-state index contributed by atoms with van der Waals surface area (Å²) in [6, 6.07) is 6.21. The molecule has 0 radical (unpaired) electrons. The maximum absolute atomic E-state index is 12.0. The van der Waals surface area contributed by atoms with Gasteiger partial charge in [0.15, 0.2) is 0 Å². The Labute approximate surface area is 124 Å². The lowest BCUT2D eigenvalue weighted by atomic mass is 10.00. The Balaban J connectivity index is 1.66. The summed E-state index contributed by atoms with van der Waals surface area (Å²) in [6.45, 7) is 9.49. The molecule has 1 aromatic heterocycles. The van der Waals surface area contributed by atoms with E-state index in [4.69, 9.17) is 0 Å². The van der Waals surface area contributed by atoms with Crippen molar-refractivity contribution < 1.29 is 4.79 Å². The van der Waals surface area contributed by atoms with Gasteiger partial charge >= 0.3 is 6.03 Å². The van der Waals surface area contributed by atoms with Crippen LogP contribution in [0.25, 0.3) is 11.0 Å². The summed E-state index contributed by atoms with van der Waals surface area (Å²) in [5.74, 6) is 1.29. The second-order valence-corrected chi connectivity index (χ2v) is 6.92. The highest BCUT2D eigenvalue weighted by molar-refractivity contribution is 5.77. The van der Waals surface area contributed by atoms with E-state index < -0.39 is 0 Å². The fourth-order valence-corrected chi connectivity index (χ4v) is 2.55. The van der Waals surface area contributed by atoms with E-state index in [2.05, 4.69) is 34.3 Å². The number of carbonyl (C=O) groups excluding carboxylic acids is 1. The first-order valence-electron chi connectivity index (χ1n) is 7.35. The molecule has 5 nitrogen and oxygen atoms in total. The van der Waals surface area contributed by atoms with Crippen LogP contribution in [0.2, 0.25) is 0 Å². The molecule has 1 saturated heterocycles. The van der Waals surface area contributed by atoms with Crippen LogP contribution in [0.15, 0.2) is 18.2 Å². The first kappa shape index (κ1) is 13.9. The molecule has 0 bridgehead atoms. The summed E-state index contributed by atoms with van der Waals surface area (Å²) in [5, 5.41) is 2.98. The number of urea groups is 1. The summed E-state index contributed by atoms with van der Waals surface area (Å²) in [6.07, 6.45) is 0. The molecule has 1 aliphatic heterocycles. The Morgan fingerprint density at radius 1 is 1.38 bits per heavy atom. The van der Waals surface area contributed by atoms with Crippen molar-refractivity contribution in [1.82, 2.24) is 20.2 Å². The van der Waals surface area contributed by atoms with E-state index in [1.165, 1.54) is 5.56 Å². The first-order valence-corrected chi connectivity index (χ1v) is 7.35. The van der Waals surface area contributed by atoms with Gasteiger partial charge in [0.1, 0.15) is 5.82 Å². The Kier molecular flexibility index (Phi) is 3.15. The van der Waals surface area contributed by atoms with E-state index in [9.17, 15) is 4.79 Å². The van der Waals surface area contributed by atoms with Gasteiger partial charge in [-0.1, -0.05) is 6.07 Å². The lowest BCUT2D eigenvalue weighted by Crippen LogP contribution is -2.56. The number of H-pyrrole nitrogens is 1. The highest BCUT2D eigenvalue weighted by atomic mass is 16.2. The maximum atomic E-state index is 12.0. The number of imidazole rings is 1. The number of carbonyl (C=O) groups is 1.